The first-order valence-corrected chi connectivity index (χ1v) is 5.25. The van der Waals surface area contributed by atoms with Gasteiger partial charge in [0.05, 0.1) is 6.54 Å². The van der Waals surface area contributed by atoms with Crippen molar-refractivity contribution in [3.05, 3.63) is 24.3 Å². The highest BCUT2D eigenvalue weighted by Gasteiger charge is 2.05. The SMILES string of the molecule is CC(Cl)CC(C)NCc1ncccn1. The molecule has 0 spiro atoms. The number of rotatable bonds is 5. The Morgan fingerprint density at radius 3 is 2.57 bits per heavy atom. The summed E-state index contributed by atoms with van der Waals surface area (Å²) in [6.07, 6.45) is 4.45. The van der Waals surface area contributed by atoms with Crippen LogP contribution in [0.4, 0.5) is 0 Å². The number of hydrogen-bond donors (Lipinski definition) is 1. The van der Waals surface area contributed by atoms with E-state index >= 15 is 0 Å². The van der Waals surface area contributed by atoms with E-state index in [9.17, 15) is 0 Å². The largest absolute Gasteiger partial charge is 0.307 e. The van der Waals surface area contributed by atoms with Gasteiger partial charge in [-0.25, -0.2) is 9.97 Å². The van der Waals surface area contributed by atoms with Gasteiger partial charge < -0.3 is 5.32 Å². The highest BCUT2D eigenvalue weighted by Crippen LogP contribution is 2.04. The van der Waals surface area contributed by atoms with Crippen molar-refractivity contribution < 1.29 is 0 Å². The standard InChI is InChI=1S/C10H16ClN3/c1-8(11)6-9(2)14-7-10-12-4-3-5-13-10/h3-5,8-9,14H,6-7H2,1-2H3. The molecule has 0 radical (unpaired) electrons. The van der Waals surface area contributed by atoms with Crippen molar-refractivity contribution >= 4 is 11.6 Å². The average Bonchev–Trinajstić information content (AvgIpc) is 2.15. The Labute approximate surface area is 89.9 Å². The minimum atomic E-state index is 0.203. The Hall–Kier alpha value is -0.670. The summed E-state index contributed by atoms with van der Waals surface area (Å²) in [4.78, 5) is 8.25. The molecular weight excluding hydrogens is 198 g/mol. The quantitative estimate of drug-likeness (QED) is 0.761. The van der Waals surface area contributed by atoms with Crippen molar-refractivity contribution in [1.29, 1.82) is 0 Å². The lowest BCUT2D eigenvalue weighted by Crippen LogP contribution is -2.28. The van der Waals surface area contributed by atoms with Crippen molar-refractivity contribution in [1.82, 2.24) is 15.3 Å². The van der Waals surface area contributed by atoms with E-state index in [-0.39, 0.29) is 5.38 Å². The van der Waals surface area contributed by atoms with Crippen LogP contribution < -0.4 is 5.32 Å². The van der Waals surface area contributed by atoms with Gasteiger partial charge in [-0.1, -0.05) is 0 Å². The van der Waals surface area contributed by atoms with Gasteiger partial charge in [-0.05, 0) is 26.3 Å². The molecule has 2 atom stereocenters. The summed E-state index contributed by atoms with van der Waals surface area (Å²) in [6.45, 7) is 4.81. The molecule has 14 heavy (non-hydrogen) atoms. The van der Waals surface area contributed by atoms with Gasteiger partial charge in [-0.2, -0.15) is 0 Å². The van der Waals surface area contributed by atoms with E-state index in [1.54, 1.807) is 12.4 Å². The third-order valence-electron chi connectivity index (χ3n) is 1.91. The molecule has 0 saturated carbocycles. The van der Waals surface area contributed by atoms with E-state index < -0.39 is 0 Å². The normalized spacial score (nSPS) is 15.1. The maximum Gasteiger partial charge on any atom is 0.141 e. The van der Waals surface area contributed by atoms with E-state index in [4.69, 9.17) is 11.6 Å². The summed E-state index contributed by atoms with van der Waals surface area (Å²) in [7, 11) is 0. The zero-order valence-corrected chi connectivity index (χ0v) is 9.33. The molecule has 2 unspecified atom stereocenters. The first-order valence-electron chi connectivity index (χ1n) is 4.82. The molecule has 1 rings (SSSR count). The molecule has 0 bridgehead atoms. The van der Waals surface area contributed by atoms with Crippen molar-refractivity contribution in [2.75, 3.05) is 0 Å². The Morgan fingerprint density at radius 1 is 1.36 bits per heavy atom. The molecule has 1 heterocycles. The first-order chi connectivity index (χ1) is 6.68. The van der Waals surface area contributed by atoms with Crippen LogP contribution in [0.15, 0.2) is 18.5 Å². The third-order valence-corrected chi connectivity index (χ3v) is 2.08. The van der Waals surface area contributed by atoms with E-state index in [0.29, 0.717) is 12.6 Å². The molecule has 4 heteroatoms. The zero-order valence-electron chi connectivity index (χ0n) is 8.57. The second kappa shape index (κ2) is 5.94. The summed E-state index contributed by atoms with van der Waals surface area (Å²) < 4.78 is 0. The van der Waals surface area contributed by atoms with Crippen LogP contribution in [-0.4, -0.2) is 21.4 Å². The predicted molar refractivity (Wildman–Crippen MR) is 58.3 cm³/mol. The number of aromatic nitrogens is 2. The Bertz CT molecular complexity index is 251. The van der Waals surface area contributed by atoms with Crippen LogP contribution in [0.2, 0.25) is 0 Å². The van der Waals surface area contributed by atoms with Crippen LogP contribution in [0.25, 0.3) is 0 Å². The van der Waals surface area contributed by atoms with Gasteiger partial charge in [-0.3, -0.25) is 0 Å². The number of alkyl halides is 1. The third kappa shape index (κ3) is 4.53. The van der Waals surface area contributed by atoms with E-state index in [1.165, 1.54) is 0 Å². The topological polar surface area (TPSA) is 37.8 Å². The fraction of sp³-hybridized carbons (Fsp3) is 0.600. The fourth-order valence-electron chi connectivity index (χ4n) is 1.26. The van der Waals surface area contributed by atoms with Crippen molar-refractivity contribution in [3.8, 4) is 0 Å². The highest BCUT2D eigenvalue weighted by atomic mass is 35.5. The van der Waals surface area contributed by atoms with Crippen LogP contribution >= 0.6 is 11.6 Å². The maximum atomic E-state index is 5.88. The van der Waals surface area contributed by atoms with Crippen LogP contribution in [0.5, 0.6) is 0 Å². The van der Waals surface area contributed by atoms with Crippen LogP contribution in [0, 0.1) is 0 Å². The Kier molecular flexibility index (Phi) is 4.84. The average molecular weight is 214 g/mol. The monoisotopic (exact) mass is 213 g/mol. The highest BCUT2D eigenvalue weighted by molar-refractivity contribution is 6.20. The molecule has 1 N–H and O–H groups in total. The van der Waals surface area contributed by atoms with Crippen LogP contribution in [0.3, 0.4) is 0 Å². The molecule has 0 aromatic carbocycles. The van der Waals surface area contributed by atoms with E-state index in [0.717, 1.165) is 12.2 Å². The van der Waals surface area contributed by atoms with Crippen LogP contribution in [0.1, 0.15) is 26.1 Å². The van der Waals surface area contributed by atoms with Crippen LogP contribution in [-0.2, 0) is 6.54 Å². The number of halogens is 1. The summed E-state index contributed by atoms with van der Waals surface area (Å²) in [5, 5.41) is 3.52. The van der Waals surface area contributed by atoms with E-state index in [1.807, 2.05) is 13.0 Å². The second-order valence-corrected chi connectivity index (χ2v) is 4.21. The second-order valence-electron chi connectivity index (χ2n) is 3.46. The van der Waals surface area contributed by atoms with Gasteiger partial charge in [0.2, 0.25) is 0 Å². The summed E-state index contributed by atoms with van der Waals surface area (Å²) in [6, 6.07) is 2.21. The number of nitrogens with one attached hydrogen (secondary N) is 1. The summed E-state index contributed by atoms with van der Waals surface area (Å²) in [5.74, 6) is 0.821. The molecule has 0 saturated heterocycles. The summed E-state index contributed by atoms with van der Waals surface area (Å²) >= 11 is 5.88. The van der Waals surface area contributed by atoms with Gasteiger partial charge in [0, 0.05) is 23.8 Å². The molecule has 78 valence electrons. The smallest absolute Gasteiger partial charge is 0.141 e. The number of nitrogens with zero attached hydrogens (tertiary/aromatic N) is 2. The molecule has 3 nitrogen and oxygen atoms in total. The lowest BCUT2D eigenvalue weighted by atomic mass is 10.2. The lowest BCUT2D eigenvalue weighted by Gasteiger charge is -2.13. The molecule has 0 aliphatic rings. The van der Waals surface area contributed by atoms with Crippen molar-refractivity contribution in [3.63, 3.8) is 0 Å². The van der Waals surface area contributed by atoms with E-state index in [2.05, 4.69) is 22.2 Å². The summed E-state index contributed by atoms with van der Waals surface area (Å²) in [5.41, 5.74) is 0. The molecule has 0 aliphatic carbocycles. The van der Waals surface area contributed by atoms with Crippen molar-refractivity contribution in [2.24, 2.45) is 0 Å². The first kappa shape index (κ1) is 11.4. The van der Waals surface area contributed by atoms with Gasteiger partial charge >= 0.3 is 0 Å². The molecular formula is C10H16ClN3. The minimum Gasteiger partial charge on any atom is -0.307 e. The molecule has 0 amide bonds. The predicted octanol–water partition coefficient (Wildman–Crippen LogP) is 1.97. The Morgan fingerprint density at radius 2 is 2.00 bits per heavy atom. The van der Waals surface area contributed by atoms with Crippen molar-refractivity contribution in [2.45, 2.75) is 38.2 Å². The molecule has 0 aliphatic heterocycles. The Balaban J connectivity index is 2.27. The minimum absolute atomic E-state index is 0.203. The van der Waals surface area contributed by atoms with Gasteiger partial charge in [-0.15, -0.1) is 11.6 Å². The van der Waals surface area contributed by atoms with Gasteiger partial charge in [0.1, 0.15) is 5.82 Å². The van der Waals surface area contributed by atoms with Gasteiger partial charge in [0.25, 0.3) is 0 Å². The number of hydrogen-bond acceptors (Lipinski definition) is 3. The molecule has 1 aromatic rings. The molecule has 0 fully saturated rings. The maximum absolute atomic E-state index is 5.88. The van der Waals surface area contributed by atoms with Gasteiger partial charge in [0.15, 0.2) is 0 Å². The zero-order chi connectivity index (χ0) is 10.4. The lowest BCUT2D eigenvalue weighted by molar-refractivity contribution is 0.502. The molecule has 1 aromatic heterocycles. The fourth-order valence-corrected chi connectivity index (χ4v) is 1.52.